The van der Waals surface area contributed by atoms with Gasteiger partial charge in [-0.05, 0) is 42.5 Å². The van der Waals surface area contributed by atoms with Gasteiger partial charge in [0, 0.05) is 12.1 Å². The highest BCUT2D eigenvalue weighted by Crippen LogP contribution is 2.35. The van der Waals surface area contributed by atoms with Crippen molar-refractivity contribution in [2.75, 3.05) is 6.79 Å². The molecule has 3 nitrogen and oxygen atoms in total. The maximum atomic E-state index is 5.58. The van der Waals surface area contributed by atoms with Crippen LogP contribution in [0.3, 0.4) is 0 Å². The van der Waals surface area contributed by atoms with Gasteiger partial charge in [0.2, 0.25) is 6.79 Å². The van der Waals surface area contributed by atoms with Crippen molar-refractivity contribution < 1.29 is 9.47 Å². The quantitative estimate of drug-likeness (QED) is 0.871. The topological polar surface area (TPSA) is 30.5 Å². The minimum Gasteiger partial charge on any atom is -0.454 e. The van der Waals surface area contributed by atoms with Gasteiger partial charge in [-0.25, -0.2) is 0 Å². The van der Waals surface area contributed by atoms with Crippen LogP contribution in [-0.2, 0) is 6.42 Å². The number of hydrogen-bond donors (Lipinski definition) is 1. The number of benzene rings is 2. The van der Waals surface area contributed by atoms with E-state index in [-0.39, 0.29) is 0 Å². The van der Waals surface area contributed by atoms with E-state index in [4.69, 9.17) is 9.47 Å². The molecule has 1 saturated carbocycles. The Balaban J connectivity index is 1.56. The highest BCUT2D eigenvalue weighted by molar-refractivity contribution is 5.45. The highest BCUT2D eigenvalue weighted by atomic mass is 16.7. The molecule has 0 amide bonds. The lowest BCUT2D eigenvalue weighted by atomic mass is 9.92. The van der Waals surface area contributed by atoms with Crippen molar-refractivity contribution in [1.82, 2.24) is 5.32 Å². The molecule has 0 radical (unpaired) electrons. The molecule has 1 aliphatic carbocycles. The second-order valence-corrected chi connectivity index (χ2v) is 6.86. The van der Waals surface area contributed by atoms with Crippen LogP contribution in [-0.4, -0.2) is 12.8 Å². The van der Waals surface area contributed by atoms with E-state index in [1.54, 1.807) is 0 Å². The molecule has 2 aromatic rings. The summed E-state index contributed by atoms with van der Waals surface area (Å²) in [6.07, 6.45) is 7.64. The Bertz CT molecular complexity index is 665. The summed E-state index contributed by atoms with van der Waals surface area (Å²) in [4.78, 5) is 0. The molecule has 1 heterocycles. The van der Waals surface area contributed by atoms with E-state index < -0.39 is 0 Å². The summed E-state index contributed by atoms with van der Waals surface area (Å²) in [5.74, 6) is 1.73. The van der Waals surface area contributed by atoms with Crippen LogP contribution >= 0.6 is 0 Å². The summed E-state index contributed by atoms with van der Waals surface area (Å²) in [5.41, 5.74) is 2.65. The average molecular weight is 323 g/mol. The zero-order chi connectivity index (χ0) is 16.2. The third kappa shape index (κ3) is 3.57. The third-order valence-electron chi connectivity index (χ3n) is 5.12. The van der Waals surface area contributed by atoms with Crippen LogP contribution < -0.4 is 14.8 Å². The average Bonchev–Trinajstić information content (AvgIpc) is 3.11. The van der Waals surface area contributed by atoms with Crippen LogP contribution in [0.15, 0.2) is 48.5 Å². The van der Waals surface area contributed by atoms with Gasteiger partial charge in [-0.3, -0.25) is 0 Å². The summed E-state index contributed by atoms with van der Waals surface area (Å²) in [6, 6.07) is 18.0. The van der Waals surface area contributed by atoms with Crippen LogP contribution in [0.5, 0.6) is 11.5 Å². The molecule has 3 heteroatoms. The second kappa shape index (κ2) is 7.27. The van der Waals surface area contributed by atoms with Crippen molar-refractivity contribution in [1.29, 1.82) is 0 Å². The normalized spacial score (nSPS) is 18.5. The first-order chi connectivity index (χ1) is 11.9. The Morgan fingerprint density at radius 2 is 1.71 bits per heavy atom. The van der Waals surface area contributed by atoms with Gasteiger partial charge in [0.15, 0.2) is 11.5 Å². The number of rotatable bonds is 5. The summed E-state index contributed by atoms with van der Waals surface area (Å²) in [6.45, 7) is 0.332. The first kappa shape index (κ1) is 15.5. The van der Waals surface area contributed by atoms with E-state index in [2.05, 4.69) is 47.8 Å². The lowest BCUT2D eigenvalue weighted by Crippen LogP contribution is -2.35. The van der Waals surface area contributed by atoms with Crippen LogP contribution in [0.1, 0.15) is 49.3 Å². The first-order valence-corrected chi connectivity index (χ1v) is 9.08. The minimum absolute atomic E-state index is 0.310. The third-order valence-corrected chi connectivity index (χ3v) is 5.12. The molecule has 24 heavy (non-hydrogen) atoms. The smallest absolute Gasteiger partial charge is 0.231 e. The monoisotopic (exact) mass is 323 g/mol. The zero-order valence-corrected chi connectivity index (χ0v) is 14.0. The molecule has 0 unspecified atom stereocenters. The Hall–Kier alpha value is -2.00. The standard InChI is InChI=1S/C21H25NO2/c1-3-7-16(8-4-1)13-19(22-18-9-5-2-6-10-18)17-11-12-20-21(14-17)24-15-23-20/h1,3-4,7-8,11-12,14,18-19,22H,2,5-6,9-10,13,15H2/t19-/m0/s1. The molecule has 2 aromatic carbocycles. The Morgan fingerprint density at radius 1 is 0.917 bits per heavy atom. The zero-order valence-electron chi connectivity index (χ0n) is 14.0. The Labute approximate surface area is 144 Å². The predicted molar refractivity (Wildman–Crippen MR) is 95.5 cm³/mol. The van der Waals surface area contributed by atoms with E-state index in [9.17, 15) is 0 Å². The van der Waals surface area contributed by atoms with Crippen molar-refractivity contribution in [3.8, 4) is 11.5 Å². The molecule has 126 valence electrons. The number of nitrogens with one attached hydrogen (secondary N) is 1. The van der Waals surface area contributed by atoms with Crippen molar-refractivity contribution >= 4 is 0 Å². The van der Waals surface area contributed by atoms with Crippen LogP contribution in [0.4, 0.5) is 0 Å². The van der Waals surface area contributed by atoms with Gasteiger partial charge in [0.05, 0.1) is 0 Å². The molecule has 1 N–H and O–H groups in total. The molecule has 1 fully saturated rings. The van der Waals surface area contributed by atoms with Crippen LogP contribution in [0, 0.1) is 0 Å². The molecule has 1 atom stereocenters. The van der Waals surface area contributed by atoms with E-state index in [0.717, 1.165) is 17.9 Å². The first-order valence-electron chi connectivity index (χ1n) is 9.08. The lowest BCUT2D eigenvalue weighted by molar-refractivity contribution is 0.174. The summed E-state index contributed by atoms with van der Waals surface area (Å²) in [7, 11) is 0. The van der Waals surface area contributed by atoms with Crippen LogP contribution in [0.25, 0.3) is 0 Å². The SMILES string of the molecule is c1ccc(C[C@H](NC2CCCCC2)c2ccc3c(c2)OCO3)cc1. The van der Waals surface area contributed by atoms with E-state index >= 15 is 0 Å². The number of hydrogen-bond acceptors (Lipinski definition) is 3. The van der Waals surface area contributed by atoms with E-state index in [1.807, 2.05) is 6.07 Å². The molecule has 0 spiro atoms. The minimum atomic E-state index is 0.310. The van der Waals surface area contributed by atoms with Gasteiger partial charge in [-0.15, -0.1) is 0 Å². The predicted octanol–water partition coefficient (Wildman–Crippen LogP) is 4.62. The maximum absolute atomic E-state index is 5.58. The van der Waals surface area contributed by atoms with Gasteiger partial charge in [-0.2, -0.15) is 0 Å². The second-order valence-electron chi connectivity index (χ2n) is 6.86. The Kier molecular flexibility index (Phi) is 4.70. The Morgan fingerprint density at radius 3 is 2.54 bits per heavy atom. The largest absolute Gasteiger partial charge is 0.454 e. The highest BCUT2D eigenvalue weighted by Gasteiger charge is 2.22. The molecular weight excluding hydrogens is 298 g/mol. The fourth-order valence-electron chi connectivity index (χ4n) is 3.81. The molecule has 0 aromatic heterocycles. The van der Waals surface area contributed by atoms with Gasteiger partial charge >= 0.3 is 0 Å². The van der Waals surface area contributed by atoms with Crippen molar-refractivity contribution in [2.24, 2.45) is 0 Å². The molecule has 0 bridgehead atoms. The molecule has 4 rings (SSSR count). The molecular formula is C21H25NO2. The molecule has 2 aliphatic rings. The summed E-state index contributed by atoms with van der Waals surface area (Å²) < 4.78 is 11.0. The van der Waals surface area contributed by atoms with Crippen molar-refractivity contribution in [2.45, 2.75) is 50.6 Å². The fraction of sp³-hybridized carbons (Fsp3) is 0.429. The van der Waals surface area contributed by atoms with Crippen molar-refractivity contribution in [3.63, 3.8) is 0 Å². The number of fused-ring (bicyclic) bond motifs is 1. The van der Waals surface area contributed by atoms with E-state index in [0.29, 0.717) is 18.9 Å². The van der Waals surface area contributed by atoms with E-state index in [1.165, 1.54) is 43.2 Å². The lowest BCUT2D eigenvalue weighted by Gasteiger charge is -2.29. The van der Waals surface area contributed by atoms with Gasteiger partial charge < -0.3 is 14.8 Å². The van der Waals surface area contributed by atoms with Gasteiger partial charge in [-0.1, -0.05) is 55.7 Å². The van der Waals surface area contributed by atoms with Gasteiger partial charge in [0.1, 0.15) is 0 Å². The summed E-state index contributed by atoms with van der Waals surface area (Å²) >= 11 is 0. The van der Waals surface area contributed by atoms with Gasteiger partial charge in [0.25, 0.3) is 0 Å². The molecule has 0 saturated heterocycles. The fourth-order valence-corrected chi connectivity index (χ4v) is 3.81. The number of ether oxygens (including phenoxy) is 2. The van der Waals surface area contributed by atoms with Crippen LogP contribution in [0.2, 0.25) is 0 Å². The van der Waals surface area contributed by atoms with Crippen molar-refractivity contribution in [3.05, 3.63) is 59.7 Å². The molecule has 1 aliphatic heterocycles. The summed E-state index contributed by atoms with van der Waals surface area (Å²) in [5, 5.41) is 3.92. The maximum Gasteiger partial charge on any atom is 0.231 e.